The average molecular weight is 368 g/mol. The molecule has 3 rings (SSSR count). The Morgan fingerprint density at radius 3 is 2.67 bits per heavy atom. The summed E-state index contributed by atoms with van der Waals surface area (Å²) in [6.45, 7) is 7.42. The van der Waals surface area contributed by atoms with Gasteiger partial charge in [0, 0.05) is 56.2 Å². The molecule has 1 aromatic heterocycles. The third-order valence-corrected chi connectivity index (χ3v) is 5.12. The highest BCUT2D eigenvalue weighted by atomic mass is 16.2. The zero-order valence-electron chi connectivity index (χ0n) is 16.8. The van der Waals surface area contributed by atoms with Gasteiger partial charge in [0.05, 0.1) is 18.2 Å². The number of imidazole rings is 1. The summed E-state index contributed by atoms with van der Waals surface area (Å²) < 4.78 is 1.93. The van der Waals surface area contributed by atoms with Crippen LogP contribution in [0.1, 0.15) is 37.6 Å². The average Bonchev–Trinajstić information content (AvgIpc) is 3.19. The Hall–Kier alpha value is -2.63. The highest BCUT2D eigenvalue weighted by Crippen LogP contribution is 2.27. The Morgan fingerprint density at radius 1 is 1.33 bits per heavy atom. The summed E-state index contributed by atoms with van der Waals surface area (Å²) in [5.74, 6) is 0.318. The standard InChI is InChI=1S/C21H28N4O2/c1-21(2,3)25-13-15(9-19(25)26)12-23(4)20(27)17-8-6-7-16(10-17)18-11-22-14-24(18)5/h6-8,10-11,14-15H,9,12-13H2,1-5H3/t15-/m0/s1. The van der Waals surface area contributed by atoms with Crippen LogP contribution in [-0.2, 0) is 11.8 Å². The first-order valence-electron chi connectivity index (χ1n) is 9.29. The number of likely N-dealkylation sites (tertiary alicyclic amines) is 1. The molecule has 1 atom stereocenters. The van der Waals surface area contributed by atoms with E-state index in [1.165, 1.54) is 0 Å². The number of amides is 2. The van der Waals surface area contributed by atoms with Gasteiger partial charge in [-0.15, -0.1) is 0 Å². The number of rotatable bonds is 4. The quantitative estimate of drug-likeness (QED) is 0.834. The molecule has 1 aromatic carbocycles. The van der Waals surface area contributed by atoms with Gasteiger partial charge < -0.3 is 14.4 Å². The molecule has 0 radical (unpaired) electrons. The molecule has 2 heterocycles. The van der Waals surface area contributed by atoms with Gasteiger partial charge in [-0.3, -0.25) is 9.59 Å². The van der Waals surface area contributed by atoms with Gasteiger partial charge in [0.25, 0.3) is 5.91 Å². The maximum atomic E-state index is 12.9. The fourth-order valence-corrected chi connectivity index (χ4v) is 3.69. The molecule has 0 saturated carbocycles. The molecule has 0 N–H and O–H groups in total. The van der Waals surface area contributed by atoms with E-state index in [4.69, 9.17) is 0 Å². The number of hydrogen-bond donors (Lipinski definition) is 0. The summed E-state index contributed by atoms with van der Waals surface area (Å²) in [4.78, 5) is 33.0. The van der Waals surface area contributed by atoms with E-state index in [2.05, 4.69) is 4.98 Å². The maximum Gasteiger partial charge on any atom is 0.253 e. The van der Waals surface area contributed by atoms with Gasteiger partial charge in [-0.2, -0.15) is 0 Å². The third kappa shape index (κ3) is 4.04. The second-order valence-corrected chi connectivity index (χ2v) is 8.40. The summed E-state index contributed by atoms with van der Waals surface area (Å²) in [7, 11) is 3.74. The van der Waals surface area contributed by atoms with Crippen molar-refractivity contribution in [1.82, 2.24) is 19.4 Å². The third-order valence-electron chi connectivity index (χ3n) is 5.12. The topological polar surface area (TPSA) is 58.4 Å². The summed E-state index contributed by atoms with van der Waals surface area (Å²) in [6.07, 6.45) is 4.04. The van der Waals surface area contributed by atoms with Gasteiger partial charge in [0.15, 0.2) is 0 Å². The summed E-state index contributed by atoms with van der Waals surface area (Å²) in [6, 6.07) is 7.60. The van der Waals surface area contributed by atoms with Crippen LogP contribution in [0.5, 0.6) is 0 Å². The van der Waals surface area contributed by atoms with Crippen LogP contribution in [-0.4, -0.2) is 56.8 Å². The number of nitrogens with zero attached hydrogens (tertiary/aromatic N) is 4. The molecule has 27 heavy (non-hydrogen) atoms. The minimum atomic E-state index is -0.175. The van der Waals surface area contributed by atoms with E-state index in [0.717, 1.165) is 11.3 Å². The van der Waals surface area contributed by atoms with Crippen LogP contribution in [0.2, 0.25) is 0 Å². The van der Waals surface area contributed by atoms with Crippen LogP contribution < -0.4 is 0 Å². The van der Waals surface area contributed by atoms with Gasteiger partial charge in [0.1, 0.15) is 0 Å². The SMILES string of the molecule is CN(C[C@@H]1CC(=O)N(C(C)(C)C)C1)C(=O)c1cccc(-c2cncn2C)c1. The molecule has 1 aliphatic heterocycles. The number of aromatic nitrogens is 2. The molecule has 0 spiro atoms. The normalized spacial score (nSPS) is 17.4. The molecule has 2 amide bonds. The Balaban J connectivity index is 1.70. The number of carbonyl (C=O) groups is 2. The predicted molar refractivity (Wildman–Crippen MR) is 105 cm³/mol. The van der Waals surface area contributed by atoms with Crippen molar-refractivity contribution < 1.29 is 9.59 Å². The molecule has 6 heteroatoms. The molecule has 6 nitrogen and oxygen atoms in total. The van der Waals surface area contributed by atoms with E-state index in [9.17, 15) is 9.59 Å². The lowest BCUT2D eigenvalue weighted by atomic mass is 10.1. The van der Waals surface area contributed by atoms with E-state index in [0.29, 0.717) is 25.1 Å². The van der Waals surface area contributed by atoms with E-state index in [-0.39, 0.29) is 23.3 Å². The van der Waals surface area contributed by atoms with Gasteiger partial charge in [-0.05, 0) is 32.9 Å². The number of carbonyl (C=O) groups excluding carboxylic acids is 2. The van der Waals surface area contributed by atoms with Crippen molar-refractivity contribution in [3.63, 3.8) is 0 Å². The Bertz CT molecular complexity index is 850. The fraction of sp³-hybridized carbons (Fsp3) is 0.476. The molecule has 1 saturated heterocycles. The van der Waals surface area contributed by atoms with Crippen LogP contribution in [0.15, 0.2) is 36.8 Å². The predicted octanol–water partition coefficient (Wildman–Crippen LogP) is 2.81. The number of hydrogen-bond acceptors (Lipinski definition) is 3. The first kappa shape index (κ1) is 19.1. The summed E-state index contributed by atoms with van der Waals surface area (Å²) in [5, 5.41) is 0. The van der Waals surface area contributed by atoms with Crippen molar-refractivity contribution in [1.29, 1.82) is 0 Å². The lowest BCUT2D eigenvalue weighted by Crippen LogP contribution is -2.43. The van der Waals surface area contributed by atoms with Gasteiger partial charge in [-0.25, -0.2) is 4.98 Å². The van der Waals surface area contributed by atoms with E-state index in [1.807, 2.05) is 68.6 Å². The Kier molecular flexibility index (Phi) is 5.09. The van der Waals surface area contributed by atoms with Crippen molar-refractivity contribution in [2.45, 2.75) is 32.7 Å². The highest BCUT2D eigenvalue weighted by molar-refractivity contribution is 5.95. The molecule has 144 valence electrons. The molecule has 2 aromatic rings. The van der Waals surface area contributed by atoms with Crippen LogP contribution >= 0.6 is 0 Å². The van der Waals surface area contributed by atoms with Crippen LogP contribution in [0.25, 0.3) is 11.3 Å². The van der Waals surface area contributed by atoms with E-state index in [1.54, 1.807) is 17.4 Å². The number of aryl methyl sites for hydroxylation is 1. The van der Waals surface area contributed by atoms with Gasteiger partial charge >= 0.3 is 0 Å². The largest absolute Gasteiger partial charge is 0.341 e. The molecular weight excluding hydrogens is 340 g/mol. The zero-order valence-corrected chi connectivity index (χ0v) is 16.8. The van der Waals surface area contributed by atoms with Crippen LogP contribution in [0.3, 0.4) is 0 Å². The van der Waals surface area contributed by atoms with E-state index < -0.39 is 0 Å². The first-order valence-corrected chi connectivity index (χ1v) is 9.29. The molecule has 0 aliphatic carbocycles. The molecule has 1 fully saturated rings. The molecule has 0 bridgehead atoms. The van der Waals surface area contributed by atoms with Crippen molar-refractivity contribution in [2.24, 2.45) is 13.0 Å². The Morgan fingerprint density at radius 2 is 2.07 bits per heavy atom. The van der Waals surface area contributed by atoms with Gasteiger partial charge in [0.2, 0.25) is 5.91 Å². The van der Waals surface area contributed by atoms with E-state index >= 15 is 0 Å². The van der Waals surface area contributed by atoms with Crippen molar-refractivity contribution in [2.75, 3.05) is 20.1 Å². The smallest absolute Gasteiger partial charge is 0.253 e. The second kappa shape index (κ2) is 7.18. The van der Waals surface area contributed by atoms with Crippen LogP contribution in [0.4, 0.5) is 0 Å². The zero-order chi connectivity index (χ0) is 19.8. The summed E-state index contributed by atoms with van der Waals surface area (Å²) >= 11 is 0. The van der Waals surface area contributed by atoms with Crippen LogP contribution in [0, 0.1) is 5.92 Å². The lowest BCUT2D eigenvalue weighted by Gasteiger charge is -2.32. The van der Waals surface area contributed by atoms with Crippen molar-refractivity contribution in [3.05, 3.63) is 42.4 Å². The van der Waals surface area contributed by atoms with Crippen molar-refractivity contribution in [3.8, 4) is 11.3 Å². The number of benzene rings is 1. The lowest BCUT2D eigenvalue weighted by molar-refractivity contribution is -0.131. The first-order chi connectivity index (χ1) is 12.7. The minimum Gasteiger partial charge on any atom is -0.341 e. The minimum absolute atomic E-state index is 0.0272. The summed E-state index contributed by atoms with van der Waals surface area (Å²) in [5.41, 5.74) is 2.40. The Labute approximate surface area is 160 Å². The van der Waals surface area contributed by atoms with Crippen molar-refractivity contribution >= 4 is 11.8 Å². The fourth-order valence-electron chi connectivity index (χ4n) is 3.69. The monoisotopic (exact) mass is 368 g/mol. The highest BCUT2D eigenvalue weighted by Gasteiger charge is 2.36. The molecule has 1 aliphatic rings. The maximum absolute atomic E-state index is 12.9. The second-order valence-electron chi connectivity index (χ2n) is 8.40. The van der Waals surface area contributed by atoms with Gasteiger partial charge in [-0.1, -0.05) is 12.1 Å². The molecule has 0 unspecified atom stereocenters. The molecular formula is C21H28N4O2.